The van der Waals surface area contributed by atoms with E-state index in [-0.39, 0.29) is 16.9 Å². The molecule has 0 unspecified atom stereocenters. The van der Waals surface area contributed by atoms with E-state index in [2.05, 4.69) is 15.4 Å². The van der Waals surface area contributed by atoms with Gasteiger partial charge in [0.2, 0.25) is 11.9 Å². The summed E-state index contributed by atoms with van der Waals surface area (Å²) in [6, 6.07) is 28.2. The molecule has 1 amide bonds. The lowest BCUT2D eigenvalue weighted by atomic mass is 10.1. The van der Waals surface area contributed by atoms with E-state index in [4.69, 9.17) is 10.5 Å². The van der Waals surface area contributed by atoms with E-state index in [0.717, 1.165) is 11.3 Å². The van der Waals surface area contributed by atoms with Gasteiger partial charge in [0.15, 0.2) is 0 Å². The van der Waals surface area contributed by atoms with Crippen LogP contribution in [-0.2, 0) is 0 Å². The molecule has 2 heterocycles. The van der Waals surface area contributed by atoms with Crippen molar-refractivity contribution in [3.63, 3.8) is 0 Å². The maximum absolute atomic E-state index is 13.4. The molecular formula is C27H25N5O4. The first-order valence-corrected chi connectivity index (χ1v) is 10.7. The van der Waals surface area contributed by atoms with Gasteiger partial charge in [0.05, 0.1) is 6.20 Å². The molecule has 9 heteroatoms. The normalized spacial score (nSPS) is 10.0. The smallest absolute Gasteiger partial charge is 0.264 e. The summed E-state index contributed by atoms with van der Waals surface area (Å²) in [6.07, 6.45) is 5.06. The van der Waals surface area contributed by atoms with E-state index < -0.39 is 0 Å². The van der Waals surface area contributed by atoms with Crippen LogP contribution in [0.5, 0.6) is 11.5 Å². The molecule has 0 saturated carbocycles. The molecule has 0 radical (unpaired) electrons. The van der Waals surface area contributed by atoms with Gasteiger partial charge in [-0.2, -0.15) is 5.10 Å². The van der Waals surface area contributed by atoms with Crippen molar-refractivity contribution in [2.75, 3.05) is 11.1 Å². The molecule has 7 N–H and O–H groups in total. The monoisotopic (exact) mass is 483 g/mol. The number of para-hydroxylation sites is 1. The summed E-state index contributed by atoms with van der Waals surface area (Å²) < 4.78 is 7.66. The van der Waals surface area contributed by atoms with Crippen LogP contribution in [0.2, 0.25) is 0 Å². The second-order valence-electron chi connectivity index (χ2n) is 7.64. The predicted octanol–water partition coefficient (Wildman–Crippen LogP) is 3.98. The van der Waals surface area contributed by atoms with Crippen molar-refractivity contribution < 1.29 is 25.2 Å². The Labute approximate surface area is 207 Å². The molecule has 2 aromatic heterocycles. The van der Waals surface area contributed by atoms with Crippen LogP contribution in [0.3, 0.4) is 0 Å². The van der Waals surface area contributed by atoms with Gasteiger partial charge < -0.3 is 26.7 Å². The number of aromatic nitrogens is 3. The van der Waals surface area contributed by atoms with E-state index in [1.807, 2.05) is 65.3 Å². The van der Waals surface area contributed by atoms with Gasteiger partial charge in [0, 0.05) is 47.4 Å². The standard InChI is InChI=1S/C27H21N5O2.2H2O/c28-20-14-21(16-24(15-20)34-23-12-7-13-29-17-23)30-27(33)25-18-32(22-10-5-2-6-11-22)31-26(25)19-8-3-1-4-9-19;;/h1-18H,28H2,(H,30,33);2*1H2. The van der Waals surface area contributed by atoms with E-state index in [1.165, 1.54) is 0 Å². The maximum atomic E-state index is 13.4. The lowest BCUT2D eigenvalue weighted by Crippen LogP contribution is -2.31. The molecule has 0 spiro atoms. The highest BCUT2D eigenvalue weighted by Gasteiger charge is 2.24. The van der Waals surface area contributed by atoms with Crippen LogP contribution in [0.4, 0.5) is 11.4 Å². The van der Waals surface area contributed by atoms with Crippen LogP contribution in [-0.4, -0.2) is 26.9 Å². The Balaban J connectivity index is 0.00000180. The molecule has 0 fully saturated rings. The number of pyridine rings is 1. The number of carbonyl (C=O) groups excluding carboxylic acids is 1. The van der Waals surface area contributed by atoms with Crippen molar-refractivity contribution in [2.24, 2.45) is 0 Å². The van der Waals surface area contributed by atoms with Crippen molar-refractivity contribution in [3.8, 4) is 28.4 Å². The summed E-state index contributed by atoms with van der Waals surface area (Å²) in [7, 11) is 0. The number of H-pyrrole nitrogens is 1. The molecule has 0 aliphatic heterocycles. The molecule has 3 aromatic carbocycles. The number of nitrogens with two attached hydrogens (primary N) is 1. The van der Waals surface area contributed by atoms with Gasteiger partial charge in [-0.25, -0.2) is 0 Å². The number of hydrogen-bond acceptors (Lipinski definition) is 5. The summed E-state index contributed by atoms with van der Waals surface area (Å²) in [4.78, 5) is 17.4. The zero-order valence-corrected chi connectivity index (χ0v) is 19.1. The van der Waals surface area contributed by atoms with Gasteiger partial charge in [0.25, 0.3) is 5.91 Å². The first kappa shape index (κ1) is 25.6. The van der Waals surface area contributed by atoms with Gasteiger partial charge >= 0.3 is 0 Å². The Hall–Kier alpha value is -4.99. The van der Waals surface area contributed by atoms with Gasteiger partial charge in [-0.15, -0.1) is 0 Å². The lowest BCUT2D eigenvalue weighted by Gasteiger charge is -2.10. The number of nitrogens with one attached hydrogen (secondary N) is 2. The average Bonchev–Trinajstić information content (AvgIpc) is 3.31. The third kappa shape index (κ3) is 5.73. The lowest BCUT2D eigenvalue weighted by molar-refractivity contribution is -0.654. The van der Waals surface area contributed by atoms with Crippen molar-refractivity contribution in [1.29, 1.82) is 0 Å². The molecule has 9 nitrogen and oxygen atoms in total. The van der Waals surface area contributed by atoms with Crippen LogP contribution < -0.4 is 20.5 Å². The quantitative estimate of drug-likeness (QED) is 0.246. The highest BCUT2D eigenvalue weighted by Crippen LogP contribution is 2.28. The number of aromatic amines is 1. The molecule has 5 rings (SSSR count). The number of ether oxygens (including phenoxy) is 1. The predicted molar refractivity (Wildman–Crippen MR) is 136 cm³/mol. The largest absolute Gasteiger partial charge is 0.870 e. The fourth-order valence-corrected chi connectivity index (χ4v) is 3.63. The minimum absolute atomic E-state index is 0. The van der Waals surface area contributed by atoms with Crippen molar-refractivity contribution in [1.82, 2.24) is 10.1 Å². The Kier molecular flexibility index (Phi) is 8.14. The van der Waals surface area contributed by atoms with Crippen LogP contribution >= 0.6 is 0 Å². The zero-order chi connectivity index (χ0) is 23.3. The summed E-state index contributed by atoms with van der Waals surface area (Å²) in [5.41, 5.74) is 10.1. The molecular weight excluding hydrogens is 458 g/mol. The SMILES string of the molecule is Nc1cc(NC(=O)c2c[n+](-c3ccccc3)[nH]c2-c2ccccc2)cc(Oc2cccnc2)c1.O.[OH-]. The van der Waals surface area contributed by atoms with Crippen molar-refractivity contribution in [2.45, 2.75) is 0 Å². The van der Waals surface area contributed by atoms with Crippen molar-refractivity contribution >= 4 is 17.3 Å². The van der Waals surface area contributed by atoms with Crippen LogP contribution in [0.1, 0.15) is 10.4 Å². The topological polar surface area (TPSA) is 158 Å². The van der Waals surface area contributed by atoms with E-state index >= 15 is 0 Å². The number of rotatable bonds is 6. The van der Waals surface area contributed by atoms with Crippen LogP contribution in [0.25, 0.3) is 16.9 Å². The average molecular weight is 484 g/mol. The fourth-order valence-electron chi connectivity index (χ4n) is 3.63. The second kappa shape index (κ2) is 11.4. The summed E-state index contributed by atoms with van der Waals surface area (Å²) in [5, 5.41) is 6.29. The second-order valence-corrected chi connectivity index (χ2v) is 7.64. The molecule has 0 saturated heterocycles. The first-order chi connectivity index (χ1) is 16.7. The zero-order valence-electron chi connectivity index (χ0n) is 19.1. The Bertz CT molecular complexity index is 1430. The third-order valence-electron chi connectivity index (χ3n) is 5.16. The number of anilines is 2. The first-order valence-electron chi connectivity index (χ1n) is 10.7. The van der Waals surface area contributed by atoms with E-state index in [9.17, 15) is 4.79 Å². The summed E-state index contributed by atoms with van der Waals surface area (Å²) >= 11 is 0. The van der Waals surface area contributed by atoms with Crippen LogP contribution in [0, 0.1) is 0 Å². The molecule has 182 valence electrons. The Morgan fingerprint density at radius 3 is 2.33 bits per heavy atom. The molecule has 5 aromatic rings. The molecule has 0 aliphatic carbocycles. The van der Waals surface area contributed by atoms with Gasteiger partial charge in [0.1, 0.15) is 22.8 Å². The van der Waals surface area contributed by atoms with Crippen LogP contribution in [0.15, 0.2) is 110 Å². The number of nitrogens with zero attached hydrogens (tertiary/aromatic N) is 2. The number of carbonyl (C=O) groups is 1. The maximum Gasteiger partial charge on any atom is 0.264 e. The highest BCUT2D eigenvalue weighted by atomic mass is 16.5. The highest BCUT2D eigenvalue weighted by molar-refractivity contribution is 6.08. The minimum atomic E-state index is -0.275. The molecule has 36 heavy (non-hydrogen) atoms. The van der Waals surface area contributed by atoms with E-state index in [0.29, 0.717) is 34.1 Å². The van der Waals surface area contributed by atoms with Gasteiger partial charge in [-0.3, -0.25) is 9.78 Å². The van der Waals surface area contributed by atoms with Crippen molar-refractivity contribution in [3.05, 3.63) is 115 Å². The number of benzene rings is 3. The summed E-state index contributed by atoms with van der Waals surface area (Å²) in [5.74, 6) is 0.800. The Morgan fingerprint density at radius 1 is 0.917 bits per heavy atom. The molecule has 0 aliphatic rings. The minimum Gasteiger partial charge on any atom is -0.870 e. The molecule has 0 bridgehead atoms. The Morgan fingerprint density at radius 2 is 1.64 bits per heavy atom. The third-order valence-corrected chi connectivity index (χ3v) is 5.16. The summed E-state index contributed by atoms with van der Waals surface area (Å²) in [6.45, 7) is 0. The fraction of sp³-hybridized carbons (Fsp3) is 0. The van der Waals surface area contributed by atoms with Gasteiger partial charge in [-0.05, 0) is 18.2 Å². The van der Waals surface area contributed by atoms with Gasteiger partial charge in [-0.1, -0.05) is 53.2 Å². The number of nitrogen functional groups attached to an aromatic ring is 1. The number of amides is 1. The molecule has 0 atom stereocenters. The van der Waals surface area contributed by atoms with E-state index in [1.54, 1.807) is 48.9 Å². The number of hydrogen-bond donors (Lipinski definition) is 3.